The number of aliphatic carboxylic acids is 1. The maximum atomic E-state index is 11.1. The molecular formula is C9H14O6. The summed E-state index contributed by atoms with van der Waals surface area (Å²) in [5.41, 5.74) is 0. The van der Waals surface area contributed by atoms with E-state index in [1.807, 2.05) is 0 Å². The molecule has 1 fully saturated rings. The van der Waals surface area contributed by atoms with Gasteiger partial charge in [-0.25, -0.2) is 0 Å². The van der Waals surface area contributed by atoms with Crippen LogP contribution in [-0.4, -0.2) is 43.2 Å². The third kappa shape index (κ3) is 5.34. The van der Waals surface area contributed by atoms with Crippen LogP contribution < -0.4 is 0 Å². The predicted molar refractivity (Wildman–Crippen MR) is 48.1 cm³/mol. The zero-order valence-corrected chi connectivity index (χ0v) is 8.31. The molecule has 1 aliphatic rings. The highest BCUT2D eigenvalue weighted by atomic mass is 16.7. The van der Waals surface area contributed by atoms with Crippen molar-refractivity contribution in [1.82, 2.24) is 0 Å². The summed E-state index contributed by atoms with van der Waals surface area (Å²) < 4.78 is 15.0. The minimum atomic E-state index is -0.917. The molecule has 1 heterocycles. The molecule has 6 nitrogen and oxygen atoms in total. The van der Waals surface area contributed by atoms with Crippen LogP contribution in [0, 0.1) is 0 Å². The van der Waals surface area contributed by atoms with Gasteiger partial charge in [-0.15, -0.1) is 0 Å². The molecule has 1 saturated heterocycles. The van der Waals surface area contributed by atoms with Gasteiger partial charge in [-0.2, -0.15) is 0 Å². The fourth-order valence-corrected chi connectivity index (χ4v) is 1.12. The van der Waals surface area contributed by atoms with Crippen molar-refractivity contribution in [2.24, 2.45) is 0 Å². The summed E-state index contributed by atoms with van der Waals surface area (Å²) in [4.78, 5) is 21.3. The quantitative estimate of drug-likeness (QED) is 0.662. The lowest BCUT2D eigenvalue weighted by molar-refractivity contribution is -0.214. The number of rotatable bonds is 5. The third-order valence-corrected chi connectivity index (χ3v) is 1.82. The number of ether oxygens (including phenoxy) is 3. The lowest BCUT2D eigenvalue weighted by atomic mass is 10.2. The summed E-state index contributed by atoms with van der Waals surface area (Å²) in [6.45, 7) is 1.16. The summed E-state index contributed by atoms with van der Waals surface area (Å²) >= 11 is 0. The van der Waals surface area contributed by atoms with Gasteiger partial charge in [0.2, 0.25) is 6.29 Å². The molecule has 0 radical (unpaired) electrons. The van der Waals surface area contributed by atoms with Crippen LogP contribution in [0.3, 0.4) is 0 Å². The van der Waals surface area contributed by atoms with E-state index in [1.165, 1.54) is 0 Å². The molecular weight excluding hydrogens is 204 g/mol. The van der Waals surface area contributed by atoms with Crippen molar-refractivity contribution in [3.05, 3.63) is 0 Å². The topological polar surface area (TPSA) is 82.1 Å². The van der Waals surface area contributed by atoms with Gasteiger partial charge in [-0.1, -0.05) is 0 Å². The van der Waals surface area contributed by atoms with Crippen molar-refractivity contribution < 1.29 is 28.9 Å². The van der Waals surface area contributed by atoms with Gasteiger partial charge in [0, 0.05) is 12.8 Å². The Bertz CT molecular complexity index is 221. The van der Waals surface area contributed by atoms with Crippen molar-refractivity contribution in [2.75, 3.05) is 19.8 Å². The lowest BCUT2D eigenvalue weighted by Gasteiger charge is -2.22. The molecule has 1 N–H and O–H groups in total. The Morgan fingerprint density at radius 3 is 2.73 bits per heavy atom. The van der Waals surface area contributed by atoms with E-state index >= 15 is 0 Å². The van der Waals surface area contributed by atoms with Crippen LogP contribution in [-0.2, 0) is 23.8 Å². The largest absolute Gasteiger partial charge is 0.481 e. The van der Waals surface area contributed by atoms with E-state index in [0.29, 0.717) is 13.2 Å². The Balaban J connectivity index is 2.09. The molecule has 0 aromatic carbocycles. The first-order chi connectivity index (χ1) is 7.18. The number of carbonyl (C=O) groups is 2. The summed E-state index contributed by atoms with van der Waals surface area (Å²) in [6, 6.07) is 0. The third-order valence-electron chi connectivity index (χ3n) is 1.82. The first kappa shape index (κ1) is 11.9. The fourth-order valence-electron chi connectivity index (χ4n) is 1.12. The van der Waals surface area contributed by atoms with Gasteiger partial charge in [0.15, 0.2) is 0 Å². The molecule has 1 aliphatic heterocycles. The van der Waals surface area contributed by atoms with E-state index in [4.69, 9.17) is 19.3 Å². The molecule has 1 atom stereocenters. The molecule has 0 aliphatic carbocycles. The molecule has 6 heteroatoms. The average molecular weight is 218 g/mol. The second-order valence-electron chi connectivity index (χ2n) is 3.11. The van der Waals surface area contributed by atoms with Gasteiger partial charge in [-0.05, 0) is 6.42 Å². The maximum absolute atomic E-state index is 11.1. The first-order valence-corrected chi connectivity index (χ1v) is 4.79. The minimum absolute atomic E-state index is 0.0306. The van der Waals surface area contributed by atoms with E-state index in [2.05, 4.69) is 0 Å². The molecule has 0 aromatic rings. The molecule has 0 aromatic heterocycles. The SMILES string of the molecule is O=C(O)CCCC(=O)OC1COCCO1. The lowest BCUT2D eigenvalue weighted by Crippen LogP contribution is -2.32. The zero-order valence-electron chi connectivity index (χ0n) is 8.31. The number of carboxylic acids is 1. The number of carboxylic acid groups (broad SMARTS) is 1. The van der Waals surface area contributed by atoms with Crippen molar-refractivity contribution in [1.29, 1.82) is 0 Å². The Hall–Kier alpha value is -1.14. The Kier molecular flexibility index (Phi) is 5.06. The highest BCUT2D eigenvalue weighted by Gasteiger charge is 2.18. The molecule has 0 bridgehead atoms. The number of carbonyl (C=O) groups excluding carboxylic acids is 1. The second kappa shape index (κ2) is 6.36. The van der Waals surface area contributed by atoms with E-state index in [-0.39, 0.29) is 25.9 Å². The van der Waals surface area contributed by atoms with Crippen molar-refractivity contribution in [3.8, 4) is 0 Å². The highest BCUT2D eigenvalue weighted by Crippen LogP contribution is 2.05. The maximum Gasteiger partial charge on any atom is 0.308 e. The number of hydrogen-bond acceptors (Lipinski definition) is 5. The summed E-state index contributed by atoms with van der Waals surface area (Å²) in [5, 5.41) is 8.35. The summed E-state index contributed by atoms with van der Waals surface area (Å²) in [6.07, 6.45) is -0.304. The van der Waals surface area contributed by atoms with E-state index in [9.17, 15) is 9.59 Å². The normalized spacial score (nSPS) is 20.9. The molecule has 0 spiro atoms. The molecule has 0 saturated carbocycles. The molecule has 0 amide bonds. The van der Waals surface area contributed by atoms with E-state index in [1.54, 1.807) is 0 Å². The highest BCUT2D eigenvalue weighted by molar-refractivity contribution is 5.71. The van der Waals surface area contributed by atoms with Crippen LogP contribution in [0.5, 0.6) is 0 Å². The predicted octanol–water partition coefficient (Wildman–Crippen LogP) is 0.157. The van der Waals surface area contributed by atoms with Gasteiger partial charge >= 0.3 is 11.9 Å². The Labute approximate surface area is 87.1 Å². The van der Waals surface area contributed by atoms with Crippen LogP contribution in [0.15, 0.2) is 0 Å². The van der Waals surface area contributed by atoms with Gasteiger partial charge < -0.3 is 19.3 Å². The van der Waals surface area contributed by atoms with Crippen molar-refractivity contribution >= 4 is 11.9 Å². The van der Waals surface area contributed by atoms with E-state index in [0.717, 1.165) is 0 Å². The molecule has 1 unspecified atom stereocenters. The standard InChI is InChI=1S/C9H14O6/c10-7(11)2-1-3-8(12)15-9-6-13-4-5-14-9/h9H,1-6H2,(H,10,11). The minimum Gasteiger partial charge on any atom is -0.481 e. The Morgan fingerprint density at radius 2 is 2.13 bits per heavy atom. The fraction of sp³-hybridized carbons (Fsp3) is 0.778. The van der Waals surface area contributed by atoms with Crippen LogP contribution in [0.25, 0.3) is 0 Å². The molecule has 1 rings (SSSR count). The van der Waals surface area contributed by atoms with E-state index < -0.39 is 18.2 Å². The smallest absolute Gasteiger partial charge is 0.308 e. The number of esters is 1. The average Bonchev–Trinajstić information content (AvgIpc) is 2.18. The van der Waals surface area contributed by atoms with Gasteiger partial charge in [0.25, 0.3) is 0 Å². The van der Waals surface area contributed by atoms with Gasteiger partial charge in [0.1, 0.15) is 6.61 Å². The van der Waals surface area contributed by atoms with Crippen LogP contribution in [0.4, 0.5) is 0 Å². The first-order valence-electron chi connectivity index (χ1n) is 4.79. The Morgan fingerprint density at radius 1 is 1.33 bits per heavy atom. The summed E-state index contributed by atoms with van der Waals surface area (Å²) in [5.74, 6) is -1.37. The number of hydrogen-bond donors (Lipinski definition) is 1. The zero-order chi connectivity index (χ0) is 11.1. The second-order valence-corrected chi connectivity index (χ2v) is 3.11. The van der Waals surface area contributed by atoms with Crippen LogP contribution in [0.1, 0.15) is 19.3 Å². The molecule has 15 heavy (non-hydrogen) atoms. The van der Waals surface area contributed by atoms with Crippen molar-refractivity contribution in [3.63, 3.8) is 0 Å². The molecule has 86 valence electrons. The van der Waals surface area contributed by atoms with Crippen LogP contribution >= 0.6 is 0 Å². The summed E-state index contributed by atoms with van der Waals surface area (Å²) in [7, 11) is 0. The van der Waals surface area contributed by atoms with Crippen LogP contribution in [0.2, 0.25) is 0 Å². The monoisotopic (exact) mass is 218 g/mol. The van der Waals surface area contributed by atoms with Gasteiger partial charge in [-0.3, -0.25) is 9.59 Å². The van der Waals surface area contributed by atoms with Gasteiger partial charge in [0.05, 0.1) is 13.2 Å². The van der Waals surface area contributed by atoms with Crippen molar-refractivity contribution in [2.45, 2.75) is 25.6 Å².